The highest BCUT2D eigenvalue weighted by atomic mass is 32.1. The Morgan fingerprint density at radius 2 is 2.22 bits per heavy atom. The SMILES string of the molecule is CCNC(=NCC1CN2CCN1CC2)N(C)CCc1cccs1. The van der Waals surface area contributed by atoms with Gasteiger partial charge in [0.1, 0.15) is 0 Å². The zero-order valence-corrected chi connectivity index (χ0v) is 15.2. The summed E-state index contributed by atoms with van der Waals surface area (Å²) in [5.74, 6) is 1.04. The smallest absolute Gasteiger partial charge is 0.193 e. The first-order valence-corrected chi connectivity index (χ1v) is 9.62. The van der Waals surface area contributed by atoms with Gasteiger partial charge in [0.15, 0.2) is 5.96 Å². The van der Waals surface area contributed by atoms with Crippen LogP contribution in [0.25, 0.3) is 0 Å². The number of thiophene rings is 1. The fourth-order valence-electron chi connectivity index (χ4n) is 3.40. The molecular weight excluding hydrogens is 306 g/mol. The lowest BCUT2D eigenvalue weighted by atomic mass is 10.1. The van der Waals surface area contributed by atoms with Crippen LogP contribution in [0.1, 0.15) is 11.8 Å². The molecule has 3 aliphatic rings. The van der Waals surface area contributed by atoms with Gasteiger partial charge in [0, 0.05) is 63.8 Å². The third kappa shape index (κ3) is 4.46. The van der Waals surface area contributed by atoms with E-state index in [2.05, 4.69) is 51.5 Å². The maximum atomic E-state index is 4.92. The minimum atomic E-state index is 0.594. The topological polar surface area (TPSA) is 34.1 Å². The Morgan fingerprint density at radius 3 is 2.83 bits per heavy atom. The fraction of sp³-hybridized carbons (Fsp3) is 0.706. The quantitative estimate of drug-likeness (QED) is 0.625. The van der Waals surface area contributed by atoms with Gasteiger partial charge in [-0.3, -0.25) is 14.8 Å². The molecule has 1 aromatic rings. The van der Waals surface area contributed by atoms with Crippen molar-refractivity contribution in [2.75, 3.05) is 59.4 Å². The number of aliphatic imine (C=N–C) groups is 1. The van der Waals surface area contributed by atoms with E-state index < -0.39 is 0 Å². The van der Waals surface area contributed by atoms with E-state index in [1.54, 1.807) is 0 Å². The van der Waals surface area contributed by atoms with Crippen LogP contribution in [-0.4, -0.2) is 86.1 Å². The number of hydrogen-bond donors (Lipinski definition) is 1. The monoisotopic (exact) mass is 335 g/mol. The summed E-state index contributed by atoms with van der Waals surface area (Å²) in [6.07, 6.45) is 1.09. The van der Waals surface area contributed by atoms with Crippen LogP contribution >= 0.6 is 11.3 Å². The molecule has 0 saturated carbocycles. The third-order valence-corrected chi connectivity index (χ3v) is 5.75. The van der Waals surface area contributed by atoms with Crippen molar-refractivity contribution in [3.05, 3.63) is 22.4 Å². The summed E-state index contributed by atoms with van der Waals surface area (Å²) in [6.45, 7) is 11.1. The van der Waals surface area contributed by atoms with Crippen molar-refractivity contribution in [2.24, 2.45) is 4.99 Å². The molecule has 3 saturated heterocycles. The van der Waals surface area contributed by atoms with Gasteiger partial charge < -0.3 is 10.2 Å². The maximum absolute atomic E-state index is 4.92. The van der Waals surface area contributed by atoms with E-state index in [4.69, 9.17) is 4.99 Å². The van der Waals surface area contributed by atoms with E-state index in [0.717, 1.165) is 32.0 Å². The molecule has 1 unspecified atom stereocenters. The van der Waals surface area contributed by atoms with Gasteiger partial charge in [-0.1, -0.05) is 6.07 Å². The molecule has 6 heteroatoms. The van der Waals surface area contributed by atoms with Gasteiger partial charge in [-0.2, -0.15) is 0 Å². The first kappa shape index (κ1) is 16.7. The van der Waals surface area contributed by atoms with Crippen molar-refractivity contribution in [2.45, 2.75) is 19.4 Å². The molecule has 2 bridgehead atoms. The highest BCUT2D eigenvalue weighted by Crippen LogP contribution is 2.16. The van der Waals surface area contributed by atoms with Crippen LogP contribution in [0.15, 0.2) is 22.5 Å². The van der Waals surface area contributed by atoms with Gasteiger partial charge in [-0.05, 0) is 24.8 Å². The number of piperazine rings is 3. The Kier molecular flexibility index (Phi) is 5.91. The lowest BCUT2D eigenvalue weighted by Gasteiger charge is -2.47. The molecule has 0 aliphatic carbocycles. The number of nitrogens with zero attached hydrogens (tertiary/aromatic N) is 4. The molecule has 0 amide bonds. The van der Waals surface area contributed by atoms with Crippen molar-refractivity contribution in [1.29, 1.82) is 0 Å². The molecule has 3 fully saturated rings. The zero-order chi connectivity index (χ0) is 16.1. The molecule has 23 heavy (non-hydrogen) atoms. The minimum absolute atomic E-state index is 0.594. The second-order valence-corrected chi connectivity index (χ2v) is 7.47. The van der Waals surface area contributed by atoms with Crippen LogP contribution in [0.3, 0.4) is 0 Å². The molecule has 4 rings (SSSR count). The van der Waals surface area contributed by atoms with Crippen LogP contribution in [0.4, 0.5) is 0 Å². The molecule has 5 nitrogen and oxygen atoms in total. The average Bonchev–Trinajstić information content (AvgIpc) is 3.11. The predicted octanol–water partition coefficient (Wildman–Crippen LogP) is 1.19. The average molecular weight is 336 g/mol. The van der Waals surface area contributed by atoms with Crippen LogP contribution in [0.2, 0.25) is 0 Å². The highest BCUT2D eigenvalue weighted by Gasteiger charge is 2.31. The summed E-state index contributed by atoms with van der Waals surface area (Å²) in [4.78, 5) is 13.8. The summed E-state index contributed by atoms with van der Waals surface area (Å²) < 4.78 is 0. The van der Waals surface area contributed by atoms with Gasteiger partial charge >= 0.3 is 0 Å². The molecule has 3 aliphatic heterocycles. The number of fused-ring (bicyclic) bond motifs is 3. The number of guanidine groups is 1. The second kappa shape index (κ2) is 8.13. The summed E-state index contributed by atoms with van der Waals surface area (Å²) in [7, 11) is 2.14. The van der Waals surface area contributed by atoms with Crippen LogP contribution in [0.5, 0.6) is 0 Å². The van der Waals surface area contributed by atoms with Gasteiger partial charge in [0.05, 0.1) is 6.54 Å². The number of hydrogen-bond acceptors (Lipinski definition) is 4. The first-order valence-electron chi connectivity index (χ1n) is 8.74. The van der Waals surface area contributed by atoms with Crippen LogP contribution in [-0.2, 0) is 6.42 Å². The van der Waals surface area contributed by atoms with Crippen molar-refractivity contribution < 1.29 is 0 Å². The molecular formula is C17H29N5S. The standard InChI is InChI=1S/C17H29N5S/c1-3-18-17(20(2)7-6-16-5-4-12-23-16)19-13-15-14-21-8-10-22(15)11-9-21/h4-5,12,15H,3,6-11,13-14H2,1-2H3,(H,18,19). The molecule has 128 valence electrons. The van der Waals surface area contributed by atoms with E-state index in [9.17, 15) is 0 Å². The Hall–Kier alpha value is -1.11. The molecule has 1 atom stereocenters. The Balaban J connectivity index is 1.54. The van der Waals surface area contributed by atoms with Crippen molar-refractivity contribution in [3.8, 4) is 0 Å². The predicted molar refractivity (Wildman–Crippen MR) is 98.4 cm³/mol. The molecule has 0 spiro atoms. The minimum Gasteiger partial charge on any atom is -0.357 e. The van der Waals surface area contributed by atoms with Crippen LogP contribution in [0, 0.1) is 0 Å². The Labute approximate surface area is 144 Å². The summed E-state index contributed by atoms with van der Waals surface area (Å²) in [5, 5.41) is 5.59. The van der Waals surface area contributed by atoms with Gasteiger partial charge in [-0.25, -0.2) is 0 Å². The number of rotatable bonds is 6. The third-order valence-electron chi connectivity index (χ3n) is 4.81. The van der Waals surface area contributed by atoms with Gasteiger partial charge in [-0.15, -0.1) is 11.3 Å². The van der Waals surface area contributed by atoms with E-state index >= 15 is 0 Å². The molecule has 1 aromatic heterocycles. The highest BCUT2D eigenvalue weighted by molar-refractivity contribution is 7.09. The van der Waals surface area contributed by atoms with Crippen molar-refractivity contribution in [3.63, 3.8) is 0 Å². The molecule has 0 aromatic carbocycles. The van der Waals surface area contributed by atoms with Crippen molar-refractivity contribution >= 4 is 17.3 Å². The van der Waals surface area contributed by atoms with Crippen LogP contribution < -0.4 is 5.32 Å². The largest absolute Gasteiger partial charge is 0.357 e. The first-order chi connectivity index (χ1) is 11.3. The summed E-state index contributed by atoms with van der Waals surface area (Å²) in [5.41, 5.74) is 0. The van der Waals surface area contributed by atoms with Gasteiger partial charge in [0.2, 0.25) is 0 Å². The van der Waals surface area contributed by atoms with Gasteiger partial charge in [0.25, 0.3) is 0 Å². The molecule has 1 N–H and O–H groups in total. The second-order valence-electron chi connectivity index (χ2n) is 6.44. The fourth-order valence-corrected chi connectivity index (χ4v) is 4.10. The van der Waals surface area contributed by atoms with E-state index in [1.807, 2.05) is 11.3 Å². The zero-order valence-electron chi connectivity index (χ0n) is 14.4. The lowest BCUT2D eigenvalue weighted by molar-refractivity contribution is 0.0173. The van der Waals surface area contributed by atoms with Crippen molar-refractivity contribution in [1.82, 2.24) is 20.0 Å². The number of nitrogens with one attached hydrogen (secondary N) is 1. The Morgan fingerprint density at radius 1 is 1.39 bits per heavy atom. The van der Waals surface area contributed by atoms with E-state index in [0.29, 0.717) is 6.04 Å². The van der Waals surface area contributed by atoms with E-state index in [1.165, 1.54) is 37.6 Å². The van der Waals surface area contributed by atoms with E-state index in [-0.39, 0.29) is 0 Å². The summed E-state index contributed by atoms with van der Waals surface area (Å²) >= 11 is 1.84. The Bertz CT molecular complexity index is 493. The number of likely N-dealkylation sites (N-methyl/N-ethyl adjacent to an activating group) is 1. The lowest BCUT2D eigenvalue weighted by Crippen LogP contribution is -2.62. The molecule has 0 radical (unpaired) electrons. The molecule has 4 heterocycles. The maximum Gasteiger partial charge on any atom is 0.193 e. The normalized spacial score (nSPS) is 27.2. The summed E-state index contributed by atoms with van der Waals surface area (Å²) in [6, 6.07) is 4.93.